The highest BCUT2D eigenvalue weighted by atomic mass is 32.1. The second kappa shape index (κ2) is 10.8. The number of alkyl halides is 3. The van der Waals surface area contributed by atoms with E-state index in [1.54, 1.807) is 18.2 Å². The van der Waals surface area contributed by atoms with E-state index in [4.69, 9.17) is 12.2 Å². The van der Waals surface area contributed by atoms with Gasteiger partial charge in [-0.1, -0.05) is 36.8 Å². The number of halogens is 3. The van der Waals surface area contributed by atoms with Crippen LogP contribution >= 0.6 is 12.2 Å². The third-order valence-corrected chi connectivity index (χ3v) is 5.62. The molecule has 0 spiro atoms. The summed E-state index contributed by atoms with van der Waals surface area (Å²) in [4.78, 5) is 27.7. The smallest absolute Gasteiger partial charge is 0.387 e. The summed E-state index contributed by atoms with van der Waals surface area (Å²) in [6.07, 6.45) is -4.08. The van der Waals surface area contributed by atoms with Crippen LogP contribution in [-0.4, -0.2) is 27.1 Å². The number of aromatic amines is 1. The van der Waals surface area contributed by atoms with E-state index in [1.807, 2.05) is 6.07 Å². The Morgan fingerprint density at radius 2 is 1.79 bits per heavy atom. The van der Waals surface area contributed by atoms with Crippen molar-refractivity contribution in [2.24, 2.45) is 0 Å². The highest BCUT2D eigenvalue weighted by molar-refractivity contribution is 7.71. The van der Waals surface area contributed by atoms with Gasteiger partial charge in [0, 0.05) is 19.5 Å². The van der Waals surface area contributed by atoms with E-state index >= 15 is 0 Å². The molecule has 0 saturated carbocycles. The van der Waals surface area contributed by atoms with Crippen molar-refractivity contribution in [3.63, 3.8) is 0 Å². The number of aromatic nitrogens is 2. The van der Waals surface area contributed by atoms with Gasteiger partial charge in [0.1, 0.15) is 0 Å². The molecule has 0 fully saturated rings. The first-order chi connectivity index (χ1) is 15.7. The number of hydrogen-bond acceptors (Lipinski definition) is 4. The Morgan fingerprint density at radius 3 is 2.55 bits per heavy atom. The van der Waals surface area contributed by atoms with Gasteiger partial charge in [0.2, 0.25) is 5.91 Å². The van der Waals surface area contributed by atoms with Crippen LogP contribution in [0.2, 0.25) is 0 Å². The number of H-pyrrole nitrogens is 1. The number of aliphatic hydroxyl groups is 1. The maximum atomic E-state index is 13.1. The van der Waals surface area contributed by atoms with Crippen LogP contribution in [0.3, 0.4) is 0 Å². The molecule has 1 heterocycles. The number of carbonyl (C=O) groups excluding carboxylic acids is 1. The Labute approximate surface area is 193 Å². The zero-order chi connectivity index (χ0) is 24.0. The Balaban J connectivity index is 1.44. The van der Waals surface area contributed by atoms with Crippen LogP contribution in [0, 0.1) is 4.77 Å². The highest BCUT2D eigenvalue weighted by Gasteiger charge is 2.34. The molecule has 10 heteroatoms. The van der Waals surface area contributed by atoms with E-state index in [2.05, 4.69) is 10.3 Å². The number of hydrogen-bond donors (Lipinski definition) is 3. The van der Waals surface area contributed by atoms with Crippen molar-refractivity contribution < 1.29 is 23.1 Å². The molecule has 1 unspecified atom stereocenters. The number of para-hydroxylation sites is 1. The summed E-state index contributed by atoms with van der Waals surface area (Å²) in [5.74, 6) is -0.362. The van der Waals surface area contributed by atoms with Crippen LogP contribution in [0.4, 0.5) is 13.2 Å². The Morgan fingerprint density at radius 1 is 1.09 bits per heavy atom. The van der Waals surface area contributed by atoms with E-state index in [0.717, 1.165) is 6.07 Å². The van der Waals surface area contributed by atoms with Crippen LogP contribution in [0.1, 0.15) is 42.9 Å². The molecule has 1 aromatic heterocycles. The summed E-state index contributed by atoms with van der Waals surface area (Å²) in [5.41, 5.74) is -0.683. The number of unbranched alkanes of at least 4 members (excludes halogenated alkanes) is 2. The number of rotatable bonds is 9. The van der Waals surface area contributed by atoms with E-state index in [-0.39, 0.29) is 30.0 Å². The first-order valence-electron chi connectivity index (χ1n) is 10.5. The molecule has 6 nitrogen and oxygen atoms in total. The molecule has 176 valence electrons. The van der Waals surface area contributed by atoms with Crippen molar-refractivity contribution in [2.75, 3.05) is 6.54 Å². The number of benzene rings is 2. The van der Waals surface area contributed by atoms with Gasteiger partial charge in [-0.05, 0) is 48.8 Å². The van der Waals surface area contributed by atoms with Crippen LogP contribution in [-0.2, 0) is 17.5 Å². The van der Waals surface area contributed by atoms with Crippen molar-refractivity contribution in [3.8, 4) is 0 Å². The van der Waals surface area contributed by atoms with Gasteiger partial charge in [-0.15, -0.1) is 0 Å². The highest BCUT2D eigenvalue weighted by Crippen LogP contribution is 2.34. The van der Waals surface area contributed by atoms with Gasteiger partial charge < -0.3 is 15.4 Å². The lowest BCUT2D eigenvalue weighted by molar-refractivity contribution is -0.139. The number of fused-ring (bicyclic) bond motifs is 1. The fraction of sp³-hybridized carbons (Fsp3) is 0.348. The summed E-state index contributed by atoms with van der Waals surface area (Å²) in [5, 5.41) is 13.1. The SMILES string of the molecule is O=C(CCCCCn1c(=S)[nH]c2ccccc2c1=O)NCC(O)c1ccccc1C(F)(F)F. The van der Waals surface area contributed by atoms with Crippen LogP contribution in [0.15, 0.2) is 53.3 Å². The largest absolute Gasteiger partial charge is 0.416 e. The molecule has 0 aliphatic carbocycles. The van der Waals surface area contributed by atoms with Crippen LogP contribution in [0.25, 0.3) is 10.9 Å². The van der Waals surface area contributed by atoms with Crippen LogP contribution < -0.4 is 10.9 Å². The number of amides is 1. The standard InChI is InChI=1S/C23H24F3N3O3S/c24-23(25,26)17-10-5-3-8-15(17)19(30)14-27-20(31)12-2-1-7-13-29-21(32)16-9-4-6-11-18(16)28-22(29)33/h3-6,8-11,19,30H,1-2,7,12-14H2,(H,27,31)(H,28,33). The fourth-order valence-corrected chi connectivity index (χ4v) is 3.87. The zero-order valence-electron chi connectivity index (χ0n) is 17.7. The Hall–Kier alpha value is -2.98. The number of nitrogens with one attached hydrogen (secondary N) is 2. The van der Waals surface area contributed by atoms with Crippen molar-refractivity contribution in [3.05, 3.63) is 74.8 Å². The molecular formula is C23H24F3N3O3S. The molecule has 1 amide bonds. The number of nitrogens with zero attached hydrogens (tertiary/aromatic N) is 1. The number of aliphatic hydroxyl groups excluding tert-OH is 1. The number of carbonyl (C=O) groups is 1. The van der Waals surface area contributed by atoms with Gasteiger partial charge in [-0.3, -0.25) is 14.2 Å². The topological polar surface area (TPSA) is 87.1 Å². The van der Waals surface area contributed by atoms with Gasteiger partial charge in [-0.25, -0.2) is 0 Å². The average Bonchev–Trinajstić information content (AvgIpc) is 2.78. The van der Waals surface area contributed by atoms with Crippen molar-refractivity contribution >= 4 is 29.0 Å². The molecule has 33 heavy (non-hydrogen) atoms. The van der Waals surface area contributed by atoms with E-state index < -0.39 is 17.8 Å². The van der Waals surface area contributed by atoms with Gasteiger partial charge in [0.25, 0.3) is 5.56 Å². The molecule has 3 rings (SSSR count). The molecule has 1 atom stereocenters. The molecule has 0 bridgehead atoms. The quantitative estimate of drug-likeness (QED) is 0.312. The van der Waals surface area contributed by atoms with Crippen molar-refractivity contribution in [1.29, 1.82) is 0 Å². The van der Waals surface area contributed by atoms with Gasteiger partial charge in [0.05, 0.1) is 22.6 Å². The molecule has 2 aromatic carbocycles. The fourth-order valence-electron chi connectivity index (χ4n) is 3.59. The minimum atomic E-state index is -4.59. The lowest BCUT2D eigenvalue weighted by Gasteiger charge is -2.18. The molecule has 3 N–H and O–H groups in total. The zero-order valence-corrected chi connectivity index (χ0v) is 18.5. The molecule has 0 radical (unpaired) electrons. The second-order valence-corrected chi connectivity index (χ2v) is 8.03. The third kappa shape index (κ3) is 6.29. The molecule has 0 saturated heterocycles. The summed E-state index contributed by atoms with van der Waals surface area (Å²) in [6.45, 7) is 0.0983. The maximum Gasteiger partial charge on any atom is 0.416 e. The Bertz CT molecular complexity index is 1240. The molecule has 0 aliphatic heterocycles. The lowest BCUT2D eigenvalue weighted by Crippen LogP contribution is -2.29. The normalized spacial score (nSPS) is 12.6. The predicted octanol–water partition coefficient (Wildman–Crippen LogP) is 4.49. The summed E-state index contributed by atoms with van der Waals surface area (Å²) in [7, 11) is 0. The van der Waals surface area contributed by atoms with Gasteiger partial charge in [0.15, 0.2) is 4.77 Å². The summed E-state index contributed by atoms with van der Waals surface area (Å²) in [6, 6.07) is 11.9. The second-order valence-electron chi connectivity index (χ2n) is 7.65. The van der Waals surface area contributed by atoms with Gasteiger partial charge >= 0.3 is 6.18 Å². The third-order valence-electron chi connectivity index (χ3n) is 5.29. The van der Waals surface area contributed by atoms with E-state index in [0.29, 0.717) is 41.5 Å². The van der Waals surface area contributed by atoms with Gasteiger partial charge in [-0.2, -0.15) is 13.2 Å². The van der Waals surface area contributed by atoms with Crippen molar-refractivity contribution in [2.45, 2.75) is 44.5 Å². The summed E-state index contributed by atoms with van der Waals surface area (Å²) < 4.78 is 41.0. The predicted molar refractivity (Wildman–Crippen MR) is 121 cm³/mol. The molecule has 0 aliphatic rings. The lowest BCUT2D eigenvalue weighted by atomic mass is 10.0. The molecular weight excluding hydrogens is 455 g/mol. The first kappa shape index (κ1) is 24.7. The first-order valence-corrected chi connectivity index (χ1v) is 10.9. The van der Waals surface area contributed by atoms with E-state index in [1.165, 1.54) is 22.8 Å². The minimum absolute atomic E-state index is 0.160. The minimum Gasteiger partial charge on any atom is -0.387 e. The average molecular weight is 480 g/mol. The van der Waals surface area contributed by atoms with Crippen molar-refractivity contribution in [1.82, 2.24) is 14.9 Å². The Kier molecular flexibility index (Phi) is 8.04. The van der Waals surface area contributed by atoms with Crippen LogP contribution in [0.5, 0.6) is 0 Å². The monoisotopic (exact) mass is 479 g/mol. The maximum absolute atomic E-state index is 13.1. The summed E-state index contributed by atoms with van der Waals surface area (Å²) >= 11 is 5.27. The molecule has 3 aromatic rings. The van der Waals surface area contributed by atoms with E-state index in [9.17, 15) is 27.9 Å².